The lowest BCUT2D eigenvalue weighted by molar-refractivity contribution is -0.172. The summed E-state index contributed by atoms with van der Waals surface area (Å²) in [6.07, 6.45) is 1.28. The molecule has 0 aromatic carbocycles. The van der Waals surface area contributed by atoms with E-state index in [0.29, 0.717) is 0 Å². The molecule has 3 fully saturated rings. The smallest absolute Gasteiger partial charge is 0.322 e. The standard InChI is InChI=1S/C25H35Br2NO10.C2H6/c1-23(2,26)20(31)36-12-25(5,13-37-21(32)24(3,4)27)22(33)35-11-10-34-9-8-28-18(29)16-14-6-7-15(38-14)17(16)19(28)30;1-2/h14-17H,6-13H2,1-5H3;1-2H3/t14?,15?,16-,17+;. The fourth-order valence-corrected chi connectivity index (χ4v) is 4.80. The van der Waals surface area contributed by atoms with Crippen LogP contribution in [0.4, 0.5) is 0 Å². The third-order valence-electron chi connectivity index (χ3n) is 6.80. The van der Waals surface area contributed by atoms with Crippen LogP contribution in [0.5, 0.6) is 0 Å². The molecule has 0 N–H and O–H groups in total. The van der Waals surface area contributed by atoms with Crippen LogP contribution in [0.15, 0.2) is 0 Å². The number of likely N-dealkylation sites (tertiary alicyclic amines) is 1. The van der Waals surface area contributed by atoms with E-state index < -0.39 is 32.0 Å². The quantitative estimate of drug-likeness (QED) is 0.0928. The molecule has 4 atom stereocenters. The number of nitrogens with zero attached hydrogens (tertiary/aromatic N) is 1. The average molecular weight is 699 g/mol. The van der Waals surface area contributed by atoms with Crippen molar-refractivity contribution in [2.45, 2.75) is 82.2 Å². The first-order valence-electron chi connectivity index (χ1n) is 13.5. The fraction of sp³-hybridized carbons (Fsp3) is 0.815. The summed E-state index contributed by atoms with van der Waals surface area (Å²) in [6.45, 7) is 11.2. The van der Waals surface area contributed by atoms with Gasteiger partial charge in [0.15, 0.2) is 0 Å². The van der Waals surface area contributed by atoms with Crippen LogP contribution < -0.4 is 0 Å². The lowest BCUT2D eigenvalue weighted by atomic mass is 9.81. The average Bonchev–Trinajstić information content (AvgIpc) is 3.57. The molecule has 3 rings (SSSR count). The van der Waals surface area contributed by atoms with Crippen LogP contribution in [0.3, 0.4) is 0 Å². The summed E-state index contributed by atoms with van der Waals surface area (Å²) in [4.78, 5) is 63.9. The van der Waals surface area contributed by atoms with E-state index in [1.54, 1.807) is 27.7 Å². The maximum Gasteiger partial charge on any atom is 0.322 e. The Kier molecular flexibility index (Phi) is 12.2. The number of carbonyl (C=O) groups excluding carboxylic acids is 5. The van der Waals surface area contributed by atoms with Gasteiger partial charge in [-0.3, -0.25) is 28.9 Å². The largest absolute Gasteiger partial charge is 0.463 e. The molecule has 2 amide bonds. The number of amides is 2. The van der Waals surface area contributed by atoms with E-state index >= 15 is 0 Å². The molecule has 0 aliphatic carbocycles. The molecule has 11 nitrogen and oxygen atoms in total. The van der Waals surface area contributed by atoms with E-state index in [0.717, 1.165) is 12.8 Å². The molecule has 3 aliphatic rings. The molecule has 0 aromatic rings. The monoisotopic (exact) mass is 697 g/mol. The fourth-order valence-electron chi connectivity index (χ4n) is 4.57. The Balaban J connectivity index is 0.00000274. The van der Waals surface area contributed by atoms with Crippen molar-refractivity contribution in [1.29, 1.82) is 0 Å². The van der Waals surface area contributed by atoms with E-state index in [1.807, 2.05) is 13.8 Å². The van der Waals surface area contributed by atoms with Crippen LogP contribution in [0.25, 0.3) is 0 Å². The number of esters is 3. The van der Waals surface area contributed by atoms with Gasteiger partial charge in [-0.25, -0.2) is 0 Å². The SMILES string of the molecule is CC.CC(C)(Br)C(=O)OCC(C)(COC(=O)C(C)(C)Br)C(=O)OCCOCCN1C(=O)[C@@H]2C3CCC(O3)[C@@H]2C1=O. The van der Waals surface area contributed by atoms with Gasteiger partial charge in [0, 0.05) is 0 Å². The second-order valence-corrected chi connectivity index (χ2v) is 15.0. The number of halogens is 2. The second kappa shape index (κ2) is 14.1. The van der Waals surface area contributed by atoms with Crippen LogP contribution in [-0.2, 0) is 47.7 Å². The van der Waals surface area contributed by atoms with Gasteiger partial charge in [-0.2, -0.15) is 0 Å². The number of ether oxygens (including phenoxy) is 5. The van der Waals surface area contributed by atoms with Gasteiger partial charge in [-0.05, 0) is 47.5 Å². The molecule has 3 saturated heterocycles. The first-order chi connectivity index (χ1) is 18.6. The van der Waals surface area contributed by atoms with Gasteiger partial charge in [0.25, 0.3) is 0 Å². The van der Waals surface area contributed by atoms with E-state index in [1.165, 1.54) is 11.8 Å². The molecule has 2 unspecified atom stereocenters. The third-order valence-corrected chi connectivity index (χ3v) is 7.45. The molecule has 3 aliphatic heterocycles. The zero-order valence-corrected chi connectivity index (χ0v) is 27.4. The number of imide groups is 1. The Labute approximate surface area is 252 Å². The third kappa shape index (κ3) is 8.25. The minimum atomic E-state index is -1.46. The number of fused-ring (bicyclic) bond motifs is 5. The van der Waals surface area contributed by atoms with Crippen molar-refractivity contribution >= 4 is 61.6 Å². The van der Waals surface area contributed by atoms with Gasteiger partial charge in [0.05, 0.1) is 43.8 Å². The van der Waals surface area contributed by atoms with Gasteiger partial charge in [-0.1, -0.05) is 45.7 Å². The molecular weight excluding hydrogens is 658 g/mol. The van der Waals surface area contributed by atoms with E-state index in [9.17, 15) is 24.0 Å². The molecule has 13 heteroatoms. The molecule has 2 bridgehead atoms. The first-order valence-corrected chi connectivity index (χ1v) is 15.1. The predicted octanol–water partition coefficient (Wildman–Crippen LogP) is 3.17. The number of hydrogen-bond donors (Lipinski definition) is 0. The Morgan fingerprint density at radius 1 is 0.775 bits per heavy atom. The predicted molar refractivity (Wildman–Crippen MR) is 151 cm³/mol. The minimum Gasteiger partial charge on any atom is -0.463 e. The summed E-state index contributed by atoms with van der Waals surface area (Å²) >= 11 is 6.41. The maximum absolute atomic E-state index is 12.9. The van der Waals surface area contributed by atoms with Crippen molar-refractivity contribution in [3.05, 3.63) is 0 Å². The summed E-state index contributed by atoms with van der Waals surface area (Å²) in [5.74, 6) is -3.11. The van der Waals surface area contributed by atoms with Crippen molar-refractivity contribution in [1.82, 2.24) is 4.90 Å². The zero-order valence-electron chi connectivity index (χ0n) is 24.3. The molecule has 3 heterocycles. The lowest BCUT2D eigenvalue weighted by Crippen LogP contribution is -2.43. The Morgan fingerprint density at radius 2 is 1.23 bits per heavy atom. The highest BCUT2D eigenvalue weighted by Crippen LogP contribution is 2.48. The van der Waals surface area contributed by atoms with E-state index in [2.05, 4.69) is 31.9 Å². The number of rotatable bonds is 13. The molecular formula is C27H41Br2NO10. The summed E-state index contributed by atoms with van der Waals surface area (Å²) in [6, 6.07) is 0. The summed E-state index contributed by atoms with van der Waals surface area (Å²) in [5, 5.41) is 0. The molecule has 0 radical (unpaired) electrons. The van der Waals surface area contributed by atoms with Gasteiger partial charge < -0.3 is 23.7 Å². The Hall–Kier alpha value is -1.57. The van der Waals surface area contributed by atoms with Crippen molar-refractivity contribution in [3.8, 4) is 0 Å². The van der Waals surface area contributed by atoms with Crippen LogP contribution >= 0.6 is 31.9 Å². The lowest BCUT2D eigenvalue weighted by Gasteiger charge is -2.28. The summed E-state index contributed by atoms with van der Waals surface area (Å²) in [5.41, 5.74) is -1.46. The number of carbonyl (C=O) groups is 5. The normalized spacial score (nSPS) is 23.9. The van der Waals surface area contributed by atoms with Crippen molar-refractivity contribution in [2.24, 2.45) is 17.3 Å². The second-order valence-electron chi connectivity index (χ2n) is 11.1. The van der Waals surface area contributed by atoms with E-state index in [-0.39, 0.29) is 75.4 Å². The highest BCUT2D eigenvalue weighted by atomic mass is 79.9. The topological polar surface area (TPSA) is 135 Å². The zero-order chi connectivity index (χ0) is 30.5. The van der Waals surface area contributed by atoms with E-state index in [4.69, 9.17) is 23.7 Å². The summed E-state index contributed by atoms with van der Waals surface area (Å²) < 4.78 is 25.2. The Morgan fingerprint density at radius 3 is 1.65 bits per heavy atom. The van der Waals surface area contributed by atoms with Crippen molar-refractivity contribution in [2.75, 3.05) is 39.6 Å². The molecule has 228 valence electrons. The van der Waals surface area contributed by atoms with Crippen LogP contribution in [-0.4, -0.2) is 95.1 Å². The molecule has 40 heavy (non-hydrogen) atoms. The Bertz CT molecular complexity index is 900. The maximum atomic E-state index is 12.9. The summed E-state index contributed by atoms with van der Waals surface area (Å²) in [7, 11) is 0. The van der Waals surface area contributed by atoms with Crippen LogP contribution in [0.1, 0.15) is 61.3 Å². The van der Waals surface area contributed by atoms with Gasteiger partial charge in [0.1, 0.15) is 33.9 Å². The molecule has 0 spiro atoms. The minimum absolute atomic E-state index is 0.0156. The van der Waals surface area contributed by atoms with Crippen molar-refractivity contribution in [3.63, 3.8) is 0 Å². The number of alkyl halides is 2. The van der Waals surface area contributed by atoms with Crippen LogP contribution in [0.2, 0.25) is 0 Å². The highest BCUT2D eigenvalue weighted by Gasteiger charge is 2.62. The molecule has 0 aromatic heterocycles. The van der Waals surface area contributed by atoms with Crippen molar-refractivity contribution < 1.29 is 47.7 Å². The molecule has 0 saturated carbocycles. The van der Waals surface area contributed by atoms with Gasteiger partial charge in [-0.15, -0.1) is 0 Å². The van der Waals surface area contributed by atoms with Crippen LogP contribution in [0, 0.1) is 17.3 Å². The number of hydrogen-bond acceptors (Lipinski definition) is 10. The van der Waals surface area contributed by atoms with Gasteiger partial charge >= 0.3 is 17.9 Å². The highest BCUT2D eigenvalue weighted by molar-refractivity contribution is 9.10. The van der Waals surface area contributed by atoms with Gasteiger partial charge in [0.2, 0.25) is 11.8 Å². The first kappa shape index (κ1) is 34.6.